The van der Waals surface area contributed by atoms with Gasteiger partial charge in [-0.15, -0.1) is 0 Å². The Labute approximate surface area is 100 Å². The molecule has 0 radical (unpaired) electrons. The van der Waals surface area contributed by atoms with E-state index < -0.39 is 5.97 Å². The highest BCUT2D eigenvalue weighted by Gasteiger charge is 2.09. The molecule has 0 aromatic carbocycles. The first-order valence-corrected chi connectivity index (χ1v) is 5.46. The maximum atomic E-state index is 11.4. The summed E-state index contributed by atoms with van der Waals surface area (Å²) in [5.74, 6) is -0.894. The number of pyridine rings is 1. The number of carboxylic acid groups (broad SMARTS) is 1. The van der Waals surface area contributed by atoms with Crippen LogP contribution < -0.4 is 0 Å². The van der Waals surface area contributed by atoms with E-state index in [2.05, 4.69) is 4.98 Å². The lowest BCUT2D eigenvalue weighted by Crippen LogP contribution is -2.29. The van der Waals surface area contributed by atoms with Crippen LogP contribution in [0.25, 0.3) is 0 Å². The van der Waals surface area contributed by atoms with Crippen molar-refractivity contribution >= 4 is 11.9 Å². The van der Waals surface area contributed by atoms with E-state index in [0.29, 0.717) is 19.5 Å². The zero-order valence-corrected chi connectivity index (χ0v) is 9.80. The molecule has 17 heavy (non-hydrogen) atoms. The van der Waals surface area contributed by atoms with Gasteiger partial charge in [0.2, 0.25) is 5.91 Å². The molecule has 0 aliphatic rings. The van der Waals surface area contributed by atoms with Gasteiger partial charge in [0.15, 0.2) is 0 Å². The molecule has 1 amide bonds. The first-order chi connectivity index (χ1) is 8.09. The van der Waals surface area contributed by atoms with Gasteiger partial charge in [0, 0.05) is 38.8 Å². The summed E-state index contributed by atoms with van der Waals surface area (Å²) in [5, 5.41) is 8.54. The topological polar surface area (TPSA) is 70.5 Å². The van der Waals surface area contributed by atoms with E-state index in [-0.39, 0.29) is 12.3 Å². The summed E-state index contributed by atoms with van der Waals surface area (Å²) >= 11 is 0. The second-order valence-electron chi connectivity index (χ2n) is 3.80. The van der Waals surface area contributed by atoms with Crippen LogP contribution in [-0.2, 0) is 16.1 Å². The minimum absolute atomic E-state index is 0.0563. The van der Waals surface area contributed by atoms with Crippen LogP contribution in [0, 0.1) is 0 Å². The fraction of sp³-hybridized carbons (Fsp3) is 0.417. The number of hydrogen-bond donors (Lipinski definition) is 1. The van der Waals surface area contributed by atoms with E-state index in [9.17, 15) is 9.59 Å². The van der Waals surface area contributed by atoms with E-state index in [1.807, 2.05) is 12.1 Å². The Kier molecular flexibility index (Phi) is 5.13. The highest BCUT2D eigenvalue weighted by atomic mass is 16.4. The van der Waals surface area contributed by atoms with E-state index in [4.69, 9.17) is 5.11 Å². The molecule has 92 valence electrons. The summed E-state index contributed by atoms with van der Waals surface area (Å²) < 4.78 is 0. The molecule has 0 fully saturated rings. The number of aromatic nitrogens is 1. The van der Waals surface area contributed by atoms with E-state index in [0.717, 1.165) is 5.56 Å². The SMILES string of the molecule is CC(=O)N(CCCC(=O)O)Cc1cccnc1. The maximum Gasteiger partial charge on any atom is 0.303 e. The van der Waals surface area contributed by atoms with Crippen LogP contribution in [0.5, 0.6) is 0 Å². The van der Waals surface area contributed by atoms with Gasteiger partial charge in [0.1, 0.15) is 0 Å². The molecule has 0 atom stereocenters. The van der Waals surface area contributed by atoms with Crippen molar-refractivity contribution in [2.24, 2.45) is 0 Å². The minimum Gasteiger partial charge on any atom is -0.481 e. The second kappa shape index (κ2) is 6.62. The van der Waals surface area contributed by atoms with Crippen LogP contribution in [0.4, 0.5) is 0 Å². The lowest BCUT2D eigenvalue weighted by Gasteiger charge is -2.20. The molecule has 0 aliphatic heterocycles. The number of carbonyl (C=O) groups is 2. The average molecular weight is 236 g/mol. The molecule has 0 saturated carbocycles. The smallest absolute Gasteiger partial charge is 0.303 e. The number of amides is 1. The molecule has 0 unspecified atom stereocenters. The summed E-state index contributed by atoms with van der Waals surface area (Å²) in [6.45, 7) is 2.41. The molecule has 0 spiro atoms. The maximum absolute atomic E-state index is 11.4. The van der Waals surface area contributed by atoms with Crippen LogP contribution in [0.1, 0.15) is 25.3 Å². The van der Waals surface area contributed by atoms with Gasteiger partial charge in [0.05, 0.1) is 0 Å². The van der Waals surface area contributed by atoms with Crippen molar-refractivity contribution in [3.63, 3.8) is 0 Å². The van der Waals surface area contributed by atoms with E-state index in [1.54, 1.807) is 17.3 Å². The van der Waals surface area contributed by atoms with Crippen LogP contribution in [0.2, 0.25) is 0 Å². The van der Waals surface area contributed by atoms with Crippen LogP contribution in [0.15, 0.2) is 24.5 Å². The van der Waals surface area contributed by atoms with Crippen molar-refractivity contribution in [1.29, 1.82) is 0 Å². The Morgan fingerprint density at radius 3 is 2.76 bits per heavy atom. The number of aliphatic carboxylic acids is 1. The van der Waals surface area contributed by atoms with Gasteiger partial charge in [-0.2, -0.15) is 0 Å². The normalized spacial score (nSPS) is 9.94. The Bertz CT molecular complexity index is 379. The van der Waals surface area contributed by atoms with Gasteiger partial charge in [-0.25, -0.2) is 0 Å². The van der Waals surface area contributed by atoms with Crippen molar-refractivity contribution in [3.8, 4) is 0 Å². The quantitative estimate of drug-likeness (QED) is 0.808. The summed E-state index contributed by atoms with van der Waals surface area (Å²) in [7, 11) is 0. The summed E-state index contributed by atoms with van der Waals surface area (Å²) in [6.07, 6.45) is 3.92. The summed E-state index contributed by atoms with van der Waals surface area (Å²) in [5.41, 5.74) is 0.943. The fourth-order valence-corrected chi connectivity index (χ4v) is 1.48. The number of carbonyl (C=O) groups excluding carboxylic acids is 1. The predicted octanol–water partition coefficient (Wildman–Crippen LogP) is 1.29. The first-order valence-electron chi connectivity index (χ1n) is 5.46. The van der Waals surface area contributed by atoms with Gasteiger partial charge in [-0.3, -0.25) is 14.6 Å². The predicted molar refractivity (Wildman–Crippen MR) is 62.2 cm³/mol. The molecule has 1 aromatic rings. The van der Waals surface area contributed by atoms with Crippen molar-refractivity contribution in [2.45, 2.75) is 26.3 Å². The van der Waals surface area contributed by atoms with Crippen LogP contribution in [-0.4, -0.2) is 33.4 Å². The lowest BCUT2D eigenvalue weighted by molar-refractivity contribution is -0.138. The standard InChI is InChI=1S/C12H16N2O3/c1-10(15)14(7-3-5-12(16)17)9-11-4-2-6-13-8-11/h2,4,6,8H,3,5,7,9H2,1H3,(H,16,17). The number of carboxylic acids is 1. The molecule has 0 bridgehead atoms. The molecular weight excluding hydrogens is 220 g/mol. The Hall–Kier alpha value is -1.91. The molecule has 1 N–H and O–H groups in total. The third kappa shape index (κ3) is 5.10. The average Bonchev–Trinajstić information content (AvgIpc) is 2.28. The van der Waals surface area contributed by atoms with Gasteiger partial charge in [-0.05, 0) is 18.1 Å². The zero-order chi connectivity index (χ0) is 12.7. The molecular formula is C12H16N2O3. The fourth-order valence-electron chi connectivity index (χ4n) is 1.48. The van der Waals surface area contributed by atoms with E-state index >= 15 is 0 Å². The molecule has 0 saturated heterocycles. The number of hydrogen-bond acceptors (Lipinski definition) is 3. The summed E-state index contributed by atoms with van der Waals surface area (Å²) in [6, 6.07) is 3.70. The zero-order valence-electron chi connectivity index (χ0n) is 9.80. The largest absolute Gasteiger partial charge is 0.481 e. The monoisotopic (exact) mass is 236 g/mol. The van der Waals surface area contributed by atoms with Crippen molar-refractivity contribution < 1.29 is 14.7 Å². The third-order valence-corrected chi connectivity index (χ3v) is 2.36. The Morgan fingerprint density at radius 2 is 2.24 bits per heavy atom. The molecule has 5 nitrogen and oxygen atoms in total. The van der Waals surface area contributed by atoms with Gasteiger partial charge in [0.25, 0.3) is 0 Å². The first kappa shape index (κ1) is 13.2. The van der Waals surface area contributed by atoms with Crippen molar-refractivity contribution in [3.05, 3.63) is 30.1 Å². The van der Waals surface area contributed by atoms with E-state index in [1.165, 1.54) is 6.92 Å². The van der Waals surface area contributed by atoms with Gasteiger partial charge >= 0.3 is 5.97 Å². The van der Waals surface area contributed by atoms with Crippen molar-refractivity contribution in [2.75, 3.05) is 6.54 Å². The Morgan fingerprint density at radius 1 is 1.47 bits per heavy atom. The van der Waals surface area contributed by atoms with Crippen LogP contribution >= 0.6 is 0 Å². The lowest BCUT2D eigenvalue weighted by atomic mass is 10.2. The molecule has 0 aliphatic carbocycles. The number of nitrogens with zero attached hydrogens (tertiary/aromatic N) is 2. The minimum atomic E-state index is -0.838. The Balaban J connectivity index is 2.49. The molecule has 5 heteroatoms. The van der Waals surface area contributed by atoms with Crippen LogP contribution in [0.3, 0.4) is 0 Å². The highest BCUT2D eigenvalue weighted by Crippen LogP contribution is 2.05. The second-order valence-corrected chi connectivity index (χ2v) is 3.80. The molecule has 1 rings (SSSR count). The van der Waals surface area contributed by atoms with Crippen molar-refractivity contribution in [1.82, 2.24) is 9.88 Å². The van der Waals surface area contributed by atoms with Gasteiger partial charge < -0.3 is 10.0 Å². The third-order valence-electron chi connectivity index (χ3n) is 2.36. The summed E-state index contributed by atoms with van der Waals surface area (Å²) in [4.78, 5) is 27.4. The number of rotatable bonds is 6. The van der Waals surface area contributed by atoms with Gasteiger partial charge in [-0.1, -0.05) is 6.07 Å². The molecule has 1 aromatic heterocycles. The highest BCUT2D eigenvalue weighted by molar-refractivity contribution is 5.73. The molecule has 1 heterocycles.